The van der Waals surface area contributed by atoms with Gasteiger partial charge in [0.15, 0.2) is 5.69 Å². The number of anilines is 1. The zero-order valence-corrected chi connectivity index (χ0v) is 14.6. The Kier molecular flexibility index (Phi) is 6.73. The number of likely N-dealkylation sites (N-methyl/N-ethyl adjacent to an activating group) is 1. The van der Waals surface area contributed by atoms with Gasteiger partial charge >= 0.3 is 0 Å². The highest BCUT2D eigenvalue weighted by Crippen LogP contribution is 2.27. The molecule has 128 valence electrons. The van der Waals surface area contributed by atoms with E-state index in [0.29, 0.717) is 12.3 Å². The van der Waals surface area contributed by atoms with Gasteiger partial charge in [-0.3, -0.25) is 0 Å². The Morgan fingerprint density at radius 2 is 1.96 bits per heavy atom. The topological polar surface area (TPSA) is 41.5 Å². The van der Waals surface area contributed by atoms with Crippen molar-refractivity contribution in [1.82, 2.24) is 0 Å². The van der Waals surface area contributed by atoms with Crippen molar-refractivity contribution in [1.29, 1.82) is 0 Å². The number of ether oxygens (including phenoxy) is 1. The number of hydrogen-bond acceptors (Lipinski definition) is 4. The van der Waals surface area contributed by atoms with Gasteiger partial charge in [-0.25, -0.2) is 4.85 Å². The van der Waals surface area contributed by atoms with E-state index >= 15 is 0 Å². The van der Waals surface area contributed by atoms with Crippen molar-refractivity contribution < 1.29 is 4.74 Å². The largest absolute Gasteiger partial charge is 0.500 e. The fourth-order valence-electron chi connectivity index (χ4n) is 2.37. The second-order valence-electron chi connectivity index (χ2n) is 5.42. The summed E-state index contributed by atoms with van der Waals surface area (Å²) in [5.74, 6) is 0. The molecule has 0 aliphatic carbocycles. The van der Waals surface area contributed by atoms with E-state index in [4.69, 9.17) is 11.3 Å². The van der Waals surface area contributed by atoms with Crippen LogP contribution in [0.2, 0.25) is 0 Å². The fourth-order valence-corrected chi connectivity index (χ4v) is 2.37. The molecule has 0 aliphatic rings. The Morgan fingerprint density at radius 1 is 1.20 bits per heavy atom. The summed E-state index contributed by atoms with van der Waals surface area (Å²) < 4.78 is 5.22. The van der Waals surface area contributed by atoms with E-state index in [9.17, 15) is 0 Å². The first-order valence-electron chi connectivity index (χ1n) is 8.15. The molecule has 0 radical (unpaired) electrons. The summed E-state index contributed by atoms with van der Waals surface area (Å²) in [6, 6.07) is 13.2. The standard InChI is InChI=1S/C20H22N4O/c1-5-24(13-14-25-6-2)19-11-12-20(16(3)15-19)23-22-18-9-7-17(21-4)8-10-18/h6-12,15H,2,5,13-14H2,1,3H3/b23-22+. The first kappa shape index (κ1) is 18.2. The third-order valence-electron chi connectivity index (χ3n) is 3.78. The molecule has 0 aromatic heterocycles. The fraction of sp³-hybridized carbons (Fsp3) is 0.250. The lowest BCUT2D eigenvalue weighted by molar-refractivity contribution is 0.258. The van der Waals surface area contributed by atoms with E-state index < -0.39 is 0 Å². The van der Waals surface area contributed by atoms with E-state index in [1.54, 1.807) is 24.3 Å². The number of benzene rings is 2. The van der Waals surface area contributed by atoms with Gasteiger partial charge in [0.1, 0.15) is 6.61 Å². The summed E-state index contributed by atoms with van der Waals surface area (Å²) in [5, 5.41) is 8.57. The lowest BCUT2D eigenvalue weighted by atomic mass is 10.1. The first-order chi connectivity index (χ1) is 12.2. The van der Waals surface area contributed by atoms with Crippen LogP contribution in [0.4, 0.5) is 22.7 Å². The molecule has 0 heterocycles. The summed E-state index contributed by atoms with van der Waals surface area (Å²) in [6.45, 7) is 17.0. The molecular weight excluding hydrogens is 312 g/mol. The molecule has 0 N–H and O–H groups in total. The van der Waals surface area contributed by atoms with Gasteiger partial charge in [-0.15, -0.1) is 0 Å². The van der Waals surface area contributed by atoms with Crippen LogP contribution in [-0.4, -0.2) is 19.7 Å². The average Bonchev–Trinajstić information content (AvgIpc) is 2.65. The normalized spacial score (nSPS) is 10.4. The second kappa shape index (κ2) is 9.24. The van der Waals surface area contributed by atoms with Crippen molar-refractivity contribution in [2.45, 2.75) is 13.8 Å². The molecule has 0 bridgehead atoms. The summed E-state index contributed by atoms with van der Waals surface area (Å²) >= 11 is 0. The summed E-state index contributed by atoms with van der Waals surface area (Å²) in [6.07, 6.45) is 1.47. The molecule has 0 atom stereocenters. The predicted octanol–water partition coefficient (Wildman–Crippen LogP) is 5.95. The van der Waals surface area contributed by atoms with Crippen molar-refractivity contribution in [3.8, 4) is 0 Å². The lowest BCUT2D eigenvalue weighted by Crippen LogP contribution is -2.26. The molecule has 0 spiro atoms. The van der Waals surface area contributed by atoms with Gasteiger partial charge in [0.05, 0.1) is 30.8 Å². The summed E-state index contributed by atoms with van der Waals surface area (Å²) in [5.41, 5.74) is 4.35. The average molecular weight is 334 g/mol. The minimum atomic E-state index is 0.597. The molecule has 2 aromatic rings. The van der Waals surface area contributed by atoms with E-state index in [2.05, 4.69) is 39.5 Å². The highest BCUT2D eigenvalue weighted by molar-refractivity contribution is 5.58. The van der Waals surface area contributed by atoms with E-state index in [-0.39, 0.29) is 0 Å². The highest BCUT2D eigenvalue weighted by Gasteiger charge is 2.06. The molecule has 5 nitrogen and oxygen atoms in total. The van der Waals surface area contributed by atoms with Crippen LogP contribution >= 0.6 is 0 Å². The summed E-state index contributed by atoms with van der Waals surface area (Å²) in [4.78, 5) is 5.60. The van der Waals surface area contributed by atoms with Crippen LogP contribution < -0.4 is 4.90 Å². The molecule has 0 aliphatic heterocycles. The number of azo groups is 1. The zero-order valence-electron chi connectivity index (χ0n) is 14.6. The molecule has 2 aromatic carbocycles. The van der Waals surface area contributed by atoms with E-state index in [1.807, 2.05) is 19.1 Å². The monoisotopic (exact) mass is 334 g/mol. The van der Waals surface area contributed by atoms with Crippen LogP contribution in [0.1, 0.15) is 12.5 Å². The van der Waals surface area contributed by atoms with Gasteiger partial charge in [0.25, 0.3) is 0 Å². The second-order valence-corrected chi connectivity index (χ2v) is 5.42. The quantitative estimate of drug-likeness (QED) is 0.259. The van der Waals surface area contributed by atoms with E-state index in [1.165, 1.54) is 6.26 Å². The molecule has 0 amide bonds. The van der Waals surface area contributed by atoms with Crippen molar-refractivity contribution in [3.05, 3.63) is 72.3 Å². The van der Waals surface area contributed by atoms with Gasteiger partial charge in [0.2, 0.25) is 0 Å². The maximum atomic E-state index is 6.96. The minimum absolute atomic E-state index is 0.597. The van der Waals surface area contributed by atoms with Crippen LogP contribution in [0, 0.1) is 13.5 Å². The third kappa shape index (κ3) is 5.18. The number of hydrogen-bond donors (Lipinski definition) is 0. The Morgan fingerprint density at radius 3 is 2.56 bits per heavy atom. The molecule has 2 rings (SSSR count). The SMILES string of the molecule is [C-]#[N+]c1ccc(/N=N/c2ccc(N(CC)CCOC=C)cc2C)cc1. The van der Waals surface area contributed by atoms with Gasteiger partial charge in [-0.05, 0) is 49.7 Å². The maximum Gasteiger partial charge on any atom is 0.187 e. The van der Waals surface area contributed by atoms with Crippen molar-refractivity contribution in [3.63, 3.8) is 0 Å². The van der Waals surface area contributed by atoms with Crippen LogP contribution in [0.25, 0.3) is 4.85 Å². The van der Waals surface area contributed by atoms with Gasteiger partial charge in [-0.2, -0.15) is 10.2 Å². The number of aryl methyl sites for hydroxylation is 1. The molecule has 0 fully saturated rings. The zero-order chi connectivity index (χ0) is 18.1. The Bertz CT molecular complexity index is 775. The van der Waals surface area contributed by atoms with Crippen LogP contribution in [0.5, 0.6) is 0 Å². The third-order valence-corrected chi connectivity index (χ3v) is 3.78. The van der Waals surface area contributed by atoms with Crippen LogP contribution in [0.15, 0.2) is 65.5 Å². The minimum Gasteiger partial charge on any atom is -0.500 e. The van der Waals surface area contributed by atoms with Gasteiger partial charge in [-0.1, -0.05) is 18.7 Å². The number of rotatable bonds is 8. The molecule has 0 unspecified atom stereocenters. The van der Waals surface area contributed by atoms with Crippen molar-refractivity contribution in [2.75, 3.05) is 24.6 Å². The highest BCUT2D eigenvalue weighted by atomic mass is 16.5. The molecular formula is C20H22N4O. The Hall–Kier alpha value is -3.13. The van der Waals surface area contributed by atoms with Crippen LogP contribution in [0.3, 0.4) is 0 Å². The first-order valence-corrected chi connectivity index (χ1v) is 8.15. The van der Waals surface area contributed by atoms with Gasteiger partial charge < -0.3 is 9.64 Å². The smallest absolute Gasteiger partial charge is 0.187 e. The van der Waals surface area contributed by atoms with E-state index in [0.717, 1.165) is 35.7 Å². The Labute approximate surface area is 149 Å². The van der Waals surface area contributed by atoms with Crippen molar-refractivity contribution in [2.24, 2.45) is 10.2 Å². The summed E-state index contributed by atoms with van der Waals surface area (Å²) in [7, 11) is 0. The van der Waals surface area contributed by atoms with Crippen molar-refractivity contribution >= 4 is 22.7 Å². The van der Waals surface area contributed by atoms with Gasteiger partial charge in [0, 0.05) is 12.2 Å². The Balaban J connectivity index is 2.11. The van der Waals surface area contributed by atoms with Crippen LogP contribution in [-0.2, 0) is 4.74 Å². The molecule has 0 saturated heterocycles. The predicted molar refractivity (Wildman–Crippen MR) is 102 cm³/mol. The number of nitrogens with zero attached hydrogens (tertiary/aromatic N) is 4. The maximum absolute atomic E-state index is 6.96. The molecule has 5 heteroatoms. The lowest BCUT2D eigenvalue weighted by Gasteiger charge is -2.23. The molecule has 0 saturated carbocycles. The molecule has 25 heavy (non-hydrogen) atoms.